The average Bonchev–Trinajstić information content (AvgIpc) is 2.40. The zero-order valence-electron chi connectivity index (χ0n) is 13.3. The van der Waals surface area contributed by atoms with Crippen LogP contribution in [0.1, 0.15) is 25.7 Å². The predicted molar refractivity (Wildman–Crippen MR) is 83.8 cm³/mol. The maximum atomic E-state index is 12.2. The molecular formula is C13H28N4O3S. The number of hydrogen-bond donors (Lipinski definition) is 2. The Morgan fingerprint density at radius 1 is 1.33 bits per heavy atom. The van der Waals surface area contributed by atoms with Crippen LogP contribution in [-0.4, -0.2) is 76.8 Å². The van der Waals surface area contributed by atoms with Gasteiger partial charge in [0.25, 0.3) is 0 Å². The number of urea groups is 1. The van der Waals surface area contributed by atoms with Crippen molar-refractivity contribution in [2.24, 2.45) is 0 Å². The molecule has 1 unspecified atom stereocenters. The molecule has 124 valence electrons. The Hall–Kier alpha value is -0.860. The van der Waals surface area contributed by atoms with Crippen LogP contribution in [0, 0.1) is 0 Å². The predicted octanol–water partition coefficient (Wildman–Crippen LogP) is 0.0514. The second-order valence-electron chi connectivity index (χ2n) is 5.85. The van der Waals surface area contributed by atoms with Crippen molar-refractivity contribution in [3.63, 3.8) is 0 Å². The molecule has 2 amide bonds. The van der Waals surface area contributed by atoms with Gasteiger partial charge in [-0.25, -0.2) is 17.9 Å². The Kier molecular flexibility index (Phi) is 7.41. The van der Waals surface area contributed by atoms with Gasteiger partial charge in [0.2, 0.25) is 10.0 Å². The van der Waals surface area contributed by atoms with Crippen LogP contribution in [-0.2, 0) is 10.0 Å². The summed E-state index contributed by atoms with van der Waals surface area (Å²) in [6.45, 7) is 2.55. The van der Waals surface area contributed by atoms with Crippen LogP contribution in [0.5, 0.6) is 0 Å². The Morgan fingerprint density at radius 2 is 2.05 bits per heavy atom. The molecule has 0 aromatic rings. The van der Waals surface area contributed by atoms with E-state index in [0.29, 0.717) is 19.6 Å². The van der Waals surface area contributed by atoms with Crippen LogP contribution in [0.2, 0.25) is 0 Å². The molecule has 0 aromatic heterocycles. The summed E-state index contributed by atoms with van der Waals surface area (Å²) in [5, 5.41) is 2.92. The van der Waals surface area contributed by atoms with E-state index in [9.17, 15) is 13.2 Å². The summed E-state index contributed by atoms with van der Waals surface area (Å²) in [7, 11) is 0.782. The minimum absolute atomic E-state index is 0.0534. The smallest absolute Gasteiger partial charge is 0.317 e. The first-order valence-corrected chi connectivity index (χ1v) is 9.32. The van der Waals surface area contributed by atoms with Crippen molar-refractivity contribution in [1.29, 1.82) is 0 Å². The summed E-state index contributed by atoms with van der Waals surface area (Å²) < 4.78 is 24.9. The largest absolute Gasteiger partial charge is 0.338 e. The van der Waals surface area contributed by atoms with Crippen molar-refractivity contribution in [2.45, 2.75) is 31.7 Å². The zero-order chi connectivity index (χ0) is 15.9. The number of likely N-dealkylation sites (tertiary alicyclic amines) is 1. The first kappa shape index (κ1) is 18.2. The highest BCUT2D eigenvalue weighted by Gasteiger charge is 2.26. The lowest BCUT2D eigenvalue weighted by Crippen LogP contribution is -2.52. The molecule has 1 aliphatic heterocycles. The van der Waals surface area contributed by atoms with Gasteiger partial charge in [0.05, 0.1) is 6.26 Å². The van der Waals surface area contributed by atoms with Crippen molar-refractivity contribution in [3.05, 3.63) is 0 Å². The van der Waals surface area contributed by atoms with E-state index in [0.717, 1.165) is 38.5 Å². The minimum Gasteiger partial charge on any atom is -0.338 e. The maximum absolute atomic E-state index is 12.2. The van der Waals surface area contributed by atoms with Gasteiger partial charge in [-0.1, -0.05) is 0 Å². The number of carbonyl (C=O) groups excluding carboxylic acids is 1. The fourth-order valence-corrected chi connectivity index (χ4v) is 2.91. The third kappa shape index (κ3) is 7.63. The van der Waals surface area contributed by atoms with Crippen molar-refractivity contribution >= 4 is 16.1 Å². The number of amides is 2. The lowest BCUT2D eigenvalue weighted by atomic mass is 10.0. The first-order chi connectivity index (χ1) is 9.79. The fraction of sp³-hybridized carbons (Fsp3) is 0.923. The third-order valence-corrected chi connectivity index (χ3v) is 4.22. The quantitative estimate of drug-likeness (QED) is 0.650. The Labute approximate surface area is 128 Å². The fourth-order valence-electron chi connectivity index (χ4n) is 2.42. The van der Waals surface area contributed by atoms with E-state index in [4.69, 9.17) is 0 Å². The van der Waals surface area contributed by atoms with E-state index in [1.165, 1.54) is 0 Å². The molecule has 1 atom stereocenters. The third-order valence-electron chi connectivity index (χ3n) is 3.53. The van der Waals surface area contributed by atoms with Gasteiger partial charge in [-0.2, -0.15) is 0 Å². The van der Waals surface area contributed by atoms with Crippen molar-refractivity contribution in [1.82, 2.24) is 19.8 Å². The van der Waals surface area contributed by atoms with Gasteiger partial charge >= 0.3 is 6.03 Å². The number of nitrogens with one attached hydrogen (secondary N) is 2. The number of rotatable bonds is 7. The monoisotopic (exact) mass is 320 g/mol. The average molecular weight is 320 g/mol. The molecule has 0 bridgehead atoms. The van der Waals surface area contributed by atoms with E-state index in [-0.39, 0.29) is 12.1 Å². The van der Waals surface area contributed by atoms with Gasteiger partial charge < -0.3 is 15.1 Å². The van der Waals surface area contributed by atoms with Crippen molar-refractivity contribution in [3.8, 4) is 0 Å². The van der Waals surface area contributed by atoms with Crippen LogP contribution in [0.3, 0.4) is 0 Å². The van der Waals surface area contributed by atoms with E-state index in [1.807, 2.05) is 14.1 Å². The molecule has 0 aliphatic carbocycles. The number of piperidine rings is 1. The second-order valence-corrected chi connectivity index (χ2v) is 7.69. The Balaban J connectivity index is 2.42. The topological polar surface area (TPSA) is 81.8 Å². The molecule has 2 N–H and O–H groups in total. The SMILES string of the molecule is CN(C)CCCNC(=O)N1CCCCC1CNS(C)(=O)=O. The highest BCUT2D eigenvalue weighted by Crippen LogP contribution is 2.16. The minimum atomic E-state index is -3.22. The van der Waals surface area contributed by atoms with Crippen LogP contribution < -0.4 is 10.0 Å². The summed E-state index contributed by atoms with van der Waals surface area (Å²) in [5.41, 5.74) is 0. The van der Waals surface area contributed by atoms with Crippen molar-refractivity contribution < 1.29 is 13.2 Å². The Morgan fingerprint density at radius 3 is 2.67 bits per heavy atom. The molecule has 1 fully saturated rings. The molecule has 0 radical (unpaired) electrons. The highest BCUT2D eigenvalue weighted by molar-refractivity contribution is 7.88. The molecule has 21 heavy (non-hydrogen) atoms. The molecule has 0 aromatic carbocycles. The maximum Gasteiger partial charge on any atom is 0.317 e. The Bertz CT molecular complexity index is 425. The molecule has 0 spiro atoms. The van der Waals surface area contributed by atoms with Gasteiger partial charge in [0.1, 0.15) is 0 Å². The normalized spacial score (nSPS) is 19.8. The summed E-state index contributed by atoms with van der Waals surface area (Å²) in [6.07, 6.45) is 4.88. The zero-order valence-corrected chi connectivity index (χ0v) is 14.1. The van der Waals surface area contributed by atoms with Gasteiger partial charge in [-0.3, -0.25) is 0 Å². The lowest BCUT2D eigenvalue weighted by molar-refractivity contribution is 0.152. The van der Waals surface area contributed by atoms with E-state index < -0.39 is 10.0 Å². The van der Waals surface area contributed by atoms with E-state index in [2.05, 4.69) is 14.9 Å². The lowest BCUT2D eigenvalue weighted by Gasteiger charge is -2.35. The van der Waals surface area contributed by atoms with E-state index in [1.54, 1.807) is 4.90 Å². The van der Waals surface area contributed by atoms with Crippen LogP contribution in [0.15, 0.2) is 0 Å². The summed E-state index contributed by atoms with van der Waals surface area (Å²) in [5.74, 6) is 0. The van der Waals surface area contributed by atoms with Gasteiger partial charge in [-0.15, -0.1) is 0 Å². The molecule has 1 rings (SSSR count). The standard InChI is InChI=1S/C13H28N4O3S/c1-16(2)9-6-8-14-13(18)17-10-5-4-7-12(17)11-15-21(3,19)20/h12,15H,4-11H2,1-3H3,(H,14,18). The first-order valence-electron chi connectivity index (χ1n) is 7.43. The van der Waals surface area contributed by atoms with Gasteiger partial charge in [-0.05, 0) is 46.3 Å². The number of sulfonamides is 1. The van der Waals surface area contributed by atoms with Crippen LogP contribution in [0.4, 0.5) is 4.79 Å². The van der Waals surface area contributed by atoms with Crippen LogP contribution in [0.25, 0.3) is 0 Å². The van der Waals surface area contributed by atoms with Crippen LogP contribution >= 0.6 is 0 Å². The summed E-state index contributed by atoms with van der Waals surface area (Å²) in [6, 6.07) is -0.143. The number of carbonyl (C=O) groups is 1. The molecule has 8 heteroatoms. The van der Waals surface area contributed by atoms with Gasteiger partial charge in [0, 0.05) is 25.7 Å². The molecule has 7 nitrogen and oxygen atoms in total. The molecule has 0 saturated carbocycles. The summed E-state index contributed by atoms with van der Waals surface area (Å²) in [4.78, 5) is 16.0. The number of hydrogen-bond acceptors (Lipinski definition) is 4. The number of nitrogens with zero attached hydrogens (tertiary/aromatic N) is 2. The second kappa shape index (κ2) is 8.55. The summed E-state index contributed by atoms with van der Waals surface area (Å²) >= 11 is 0. The molecule has 1 heterocycles. The van der Waals surface area contributed by atoms with Crippen molar-refractivity contribution in [2.75, 3.05) is 46.5 Å². The molecule has 1 saturated heterocycles. The van der Waals surface area contributed by atoms with Gasteiger partial charge in [0.15, 0.2) is 0 Å². The van der Waals surface area contributed by atoms with E-state index >= 15 is 0 Å². The highest BCUT2D eigenvalue weighted by atomic mass is 32.2. The molecule has 1 aliphatic rings. The molecular weight excluding hydrogens is 292 g/mol.